The first-order valence-corrected chi connectivity index (χ1v) is 6.19. The van der Waals surface area contributed by atoms with Gasteiger partial charge in [0.05, 0.1) is 12.2 Å². The molecule has 0 unspecified atom stereocenters. The van der Waals surface area contributed by atoms with Gasteiger partial charge in [-0.3, -0.25) is 5.10 Å². The van der Waals surface area contributed by atoms with E-state index in [1.54, 1.807) is 6.20 Å². The normalized spacial score (nSPS) is 10.4. The molecule has 3 nitrogen and oxygen atoms in total. The maximum atomic E-state index is 3.92. The number of nitrogens with zero attached hydrogens (tertiary/aromatic N) is 1. The van der Waals surface area contributed by atoms with Gasteiger partial charge in [0.2, 0.25) is 0 Å². The molecule has 1 heterocycles. The molecule has 1 aromatic carbocycles. The third-order valence-corrected chi connectivity index (χ3v) is 2.81. The van der Waals surface area contributed by atoms with Gasteiger partial charge in [0, 0.05) is 11.9 Å². The van der Waals surface area contributed by atoms with Gasteiger partial charge in [-0.15, -0.1) is 0 Å². The third-order valence-electron chi connectivity index (χ3n) is 2.81. The lowest BCUT2D eigenvalue weighted by atomic mass is 10.1. The Morgan fingerprint density at radius 3 is 2.65 bits per heavy atom. The van der Waals surface area contributed by atoms with Crippen molar-refractivity contribution in [3.63, 3.8) is 0 Å². The molecule has 3 heteroatoms. The van der Waals surface area contributed by atoms with Crippen molar-refractivity contribution in [2.45, 2.75) is 32.7 Å². The zero-order chi connectivity index (χ0) is 11.9. The van der Waals surface area contributed by atoms with Gasteiger partial charge in [-0.05, 0) is 36.6 Å². The number of unbranched alkanes of at least 4 members (excludes halogenated alkanes) is 1. The van der Waals surface area contributed by atoms with Crippen LogP contribution in [0, 0.1) is 0 Å². The maximum absolute atomic E-state index is 3.92. The average Bonchev–Trinajstić information content (AvgIpc) is 2.88. The maximum Gasteiger partial charge on any atom is 0.0567 e. The Morgan fingerprint density at radius 2 is 2.00 bits per heavy atom. The van der Waals surface area contributed by atoms with Crippen molar-refractivity contribution in [2.24, 2.45) is 0 Å². The lowest BCUT2D eigenvalue weighted by molar-refractivity contribution is 0.795. The number of hydrogen-bond donors (Lipinski definition) is 2. The van der Waals surface area contributed by atoms with E-state index in [0.29, 0.717) is 0 Å². The third kappa shape index (κ3) is 3.63. The predicted molar refractivity (Wildman–Crippen MR) is 71.0 cm³/mol. The number of rotatable bonds is 6. The average molecular weight is 229 g/mol. The highest BCUT2D eigenvalue weighted by molar-refractivity contribution is 5.44. The van der Waals surface area contributed by atoms with Crippen molar-refractivity contribution in [1.29, 1.82) is 0 Å². The Morgan fingerprint density at radius 1 is 1.18 bits per heavy atom. The molecule has 0 amide bonds. The lowest BCUT2D eigenvalue weighted by Gasteiger charge is -2.06. The molecule has 2 N–H and O–H groups in total. The number of hydrogen-bond acceptors (Lipinski definition) is 2. The topological polar surface area (TPSA) is 40.7 Å². The quantitative estimate of drug-likeness (QED) is 0.797. The summed E-state index contributed by atoms with van der Waals surface area (Å²) in [6.45, 7) is 3.01. The lowest BCUT2D eigenvalue weighted by Crippen LogP contribution is -1.99. The second kappa shape index (κ2) is 6.09. The molecular weight excluding hydrogens is 210 g/mol. The largest absolute Gasteiger partial charge is 0.379 e. The Labute approximate surface area is 102 Å². The zero-order valence-electron chi connectivity index (χ0n) is 10.2. The van der Waals surface area contributed by atoms with Gasteiger partial charge in [0.15, 0.2) is 0 Å². The SMILES string of the molecule is CCCCc1ccc(NCc2ccn[nH]2)cc1. The van der Waals surface area contributed by atoms with Crippen molar-refractivity contribution in [1.82, 2.24) is 10.2 Å². The minimum atomic E-state index is 0.786. The van der Waals surface area contributed by atoms with Gasteiger partial charge in [0.25, 0.3) is 0 Å². The molecule has 0 aliphatic rings. The second-order valence-corrected chi connectivity index (χ2v) is 4.24. The number of anilines is 1. The van der Waals surface area contributed by atoms with Gasteiger partial charge < -0.3 is 5.32 Å². The Hall–Kier alpha value is -1.77. The molecule has 0 aliphatic heterocycles. The van der Waals surface area contributed by atoms with Crippen LogP contribution in [0.3, 0.4) is 0 Å². The van der Waals surface area contributed by atoms with E-state index in [1.807, 2.05) is 6.07 Å². The van der Waals surface area contributed by atoms with E-state index in [9.17, 15) is 0 Å². The van der Waals surface area contributed by atoms with Crippen LogP contribution in [0.2, 0.25) is 0 Å². The monoisotopic (exact) mass is 229 g/mol. The van der Waals surface area contributed by atoms with Crippen molar-refractivity contribution in [3.05, 3.63) is 47.8 Å². The molecular formula is C14H19N3. The molecule has 0 spiro atoms. The highest BCUT2D eigenvalue weighted by Crippen LogP contribution is 2.12. The molecule has 0 atom stereocenters. The van der Waals surface area contributed by atoms with E-state index in [0.717, 1.165) is 17.9 Å². The number of nitrogens with one attached hydrogen (secondary N) is 2. The smallest absolute Gasteiger partial charge is 0.0567 e. The molecule has 2 aromatic rings. The summed E-state index contributed by atoms with van der Waals surface area (Å²) in [5, 5.41) is 10.2. The predicted octanol–water partition coefficient (Wildman–Crippen LogP) is 3.36. The van der Waals surface area contributed by atoms with Crippen LogP contribution in [0.4, 0.5) is 5.69 Å². The second-order valence-electron chi connectivity index (χ2n) is 4.24. The number of aryl methyl sites for hydroxylation is 1. The Bertz CT molecular complexity index is 417. The minimum absolute atomic E-state index is 0.786. The van der Waals surface area contributed by atoms with E-state index in [4.69, 9.17) is 0 Å². The van der Waals surface area contributed by atoms with Crippen LogP contribution in [0.25, 0.3) is 0 Å². The van der Waals surface area contributed by atoms with Gasteiger partial charge in [-0.25, -0.2) is 0 Å². The van der Waals surface area contributed by atoms with E-state index in [2.05, 4.69) is 46.7 Å². The Balaban J connectivity index is 1.85. The molecule has 2 rings (SSSR count). The Kier molecular flexibility index (Phi) is 4.19. The number of H-pyrrole nitrogens is 1. The van der Waals surface area contributed by atoms with Crippen LogP contribution in [-0.2, 0) is 13.0 Å². The summed E-state index contributed by atoms with van der Waals surface area (Å²) in [7, 11) is 0. The van der Waals surface area contributed by atoms with Crippen LogP contribution >= 0.6 is 0 Å². The van der Waals surface area contributed by atoms with Crippen molar-refractivity contribution < 1.29 is 0 Å². The first kappa shape index (κ1) is 11.7. The zero-order valence-corrected chi connectivity index (χ0v) is 10.2. The molecule has 0 radical (unpaired) electrons. The minimum Gasteiger partial charge on any atom is -0.379 e. The number of aromatic nitrogens is 2. The summed E-state index contributed by atoms with van der Waals surface area (Å²) >= 11 is 0. The summed E-state index contributed by atoms with van der Waals surface area (Å²) in [6.07, 6.45) is 5.46. The van der Waals surface area contributed by atoms with Crippen molar-refractivity contribution in [3.8, 4) is 0 Å². The van der Waals surface area contributed by atoms with E-state index in [-0.39, 0.29) is 0 Å². The molecule has 0 bridgehead atoms. The number of benzene rings is 1. The molecule has 0 saturated carbocycles. The summed E-state index contributed by atoms with van der Waals surface area (Å²) in [5.41, 5.74) is 3.67. The van der Waals surface area contributed by atoms with Crippen LogP contribution in [-0.4, -0.2) is 10.2 Å². The van der Waals surface area contributed by atoms with E-state index in [1.165, 1.54) is 24.8 Å². The van der Waals surface area contributed by atoms with Crippen molar-refractivity contribution >= 4 is 5.69 Å². The van der Waals surface area contributed by atoms with Crippen molar-refractivity contribution in [2.75, 3.05) is 5.32 Å². The van der Waals surface area contributed by atoms with Crippen LogP contribution < -0.4 is 5.32 Å². The van der Waals surface area contributed by atoms with E-state index >= 15 is 0 Å². The highest BCUT2D eigenvalue weighted by atomic mass is 15.1. The first-order chi connectivity index (χ1) is 8.38. The summed E-state index contributed by atoms with van der Waals surface area (Å²) in [5.74, 6) is 0. The van der Waals surface area contributed by atoms with E-state index < -0.39 is 0 Å². The first-order valence-electron chi connectivity index (χ1n) is 6.19. The van der Waals surface area contributed by atoms with Gasteiger partial charge >= 0.3 is 0 Å². The molecule has 0 saturated heterocycles. The summed E-state index contributed by atoms with van der Waals surface area (Å²) in [4.78, 5) is 0. The van der Waals surface area contributed by atoms with Gasteiger partial charge in [-0.2, -0.15) is 5.10 Å². The van der Waals surface area contributed by atoms with Crippen LogP contribution in [0.15, 0.2) is 36.5 Å². The van der Waals surface area contributed by atoms with Gasteiger partial charge in [0.1, 0.15) is 0 Å². The molecule has 0 fully saturated rings. The van der Waals surface area contributed by atoms with Crippen LogP contribution in [0.1, 0.15) is 31.0 Å². The fraction of sp³-hybridized carbons (Fsp3) is 0.357. The molecule has 0 aliphatic carbocycles. The number of aromatic amines is 1. The van der Waals surface area contributed by atoms with Crippen LogP contribution in [0.5, 0.6) is 0 Å². The standard InChI is InChI=1S/C14H19N3/c1-2-3-4-12-5-7-13(8-6-12)15-11-14-9-10-16-17-14/h5-10,15H,2-4,11H2,1H3,(H,16,17). The summed E-state index contributed by atoms with van der Waals surface area (Å²) < 4.78 is 0. The highest BCUT2D eigenvalue weighted by Gasteiger charge is 1.96. The fourth-order valence-corrected chi connectivity index (χ4v) is 1.75. The summed E-state index contributed by atoms with van der Waals surface area (Å²) in [6, 6.07) is 10.7. The van der Waals surface area contributed by atoms with Gasteiger partial charge in [-0.1, -0.05) is 25.5 Å². The molecule has 17 heavy (non-hydrogen) atoms. The fourth-order valence-electron chi connectivity index (χ4n) is 1.75. The molecule has 90 valence electrons. The molecule has 1 aromatic heterocycles.